The van der Waals surface area contributed by atoms with Crippen molar-refractivity contribution in [3.63, 3.8) is 0 Å². The Balaban J connectivity index is 2.42. The Kier molecular flexibility index (Phi) is 1.94. The standard InChI is InChI=1S/C23H31NO7/c1-15(5-7-19(25)30-13-10-24-8-11-29-12-9-24)4-6-17-21(26)20-18(14-31-23(20)27)16(2)22(17)28-3/h4,26H,5-14H2,1-3H3/b15-4+/i1D3,2D3,3D3,4D,5D2,6D2,7D2,8D2,9D2,10D2,11D2,12D2,13D2,14D2/hD. The van der Waals surface area contributed by atoms with Crippen LogP contribution in [0.1, 0.15) is 87.8 Å². The monoisotopic (exact) mass is 464 g/mol. The Morgan fingerprint density at radius 3 is 3.06 bits per heavy atom. The van der Waals surface area contributed by atoms with Crippen LogP contribution in [0.3, 0.4) is 0 Å². The summed E-state index contributed by atoms with van der Waals surface area (Å²) in [6.07, 6.45) is -14.1. The van der Waals surface area contributed by atoms with Crippen LogP contribution in [-0.4, -0.2) is 69.6 Å². The molecule has 0 spiro atoms. The summed E-state index contributed by atoms with van der Waals surface area (Å²) in [5, 5.41) is 4.28. The number of rotatable bonds is 10. The quantitative estimate of drug-likeness (QED) is 0.417. The number of esters is 2. The molecule has 2 aliphatic heterocycles. The van der Waals surface area contributed by atoms with Crippen molar-refractivity contribution in [3.8, 4) is 11.5 Å². The molecule has 2 aliphatic rings. The van der Waals surface area contributed by atoms with Crippen molar-refractivity contribution in [2.24, 2.45) is 0 Å². The largest absolute Gasteiger partial charge is 0.507 e. The lowest BCUT2D eigenvalue weighted by Gasteiger charge is -2.26. The highest BCUT2D eigenvalue weighted by atomic mass is 16.5. The number of phenols is 1. The molecule has 0 amide bonds. The minimum Gasteiger partial charge on any atom is -0.507 e. The van der Waals surface area contributed by atoms with Crippen LogP contribution in [0.2, 0.25) is 0 Å². The number of aromatic hydroxyl groups is 1. The molecule has 0 saturated carbocycles. The third-order valence-electron chi connectivity index (χ3n) is 3.28. The minimum atomic E-state index is -4.84. The van der Waals surface area contributed by atoms with Gasteiger partial charge in [-0.05, 0) is 32.0 Å². The molecule has 0 aromatic heterocycles. The second kappa shape index (κ2) is 10.6. The molecule has 0 bridgehead atoms. The molecule has 0 radical (unpaired) electrons. The van der Waals surface area contributed by atoms with Crippen molar-refractivity contribution in [2.45, 2.75) is 39.4 Å². The predicted octanol–water partition coefficient (Wildman–Crippen LogP) is 2.52. The van der Waals surface area contributed by atoms with Gasteiger partial charge in [0.05, 0.1) is 36.6 Å². The lowest BCUT2D eigenvalue weighted by molar-refractivity contribution is -0.144. The van der Waals surface area contributed by atoms with Crippen molar-refractivity contribution in [1.29, 1.82) is 1.43 Å². The zero-order valence-corrected chi connectivity index (χ0v) is 14.8. The number of cyclic esters (lactones) is 1. The van der Waals surface area contributed by atoms with Crippen molar-refractivity contribution in [1.82, 2.24) is 4.90 Å². The summed E-state index contributed by atoms with van der Waals surface area (Å²) in [4.78, 5) is 25.3. The SMILES string of the molecule is [2H]Oc1c2c(c(C([2H])([2H])[2H])c(OC([2H])([2H])[2H])c1C([2H])([2H])/C([2H])=C(\C([2H])([2H])[2H])C([2H])([2H])C([2H])([2H])C(=O)OC([2H])([2H])C([2H])([2H])N1C([2H])([2H])C([2H])([2H])OC([2H])([2H])C1([2H])[2H])C([2H])([2H])OC2=O. The lowest BCUT2D eigenvalue weighted by Crippen LogP contribution is -2.38. The average Bonchev–Trinajstić information content (AvgIpc) is 3.23. The number of benzene rings is 1. The van der Waals surface area contributed by atoms with Crippen LogP contribution in [0.5, 0.6) is 11.5 Å². The third kappa shape index (κ3) is 5.57. The Morgan fingerprint density at radius 2 is 2.32 bits per heavy atom. The molecule has 3 rings (SSSR count). The number of fused-ring (bicyclic) bond motifs is 1. The van der Waals surface area contributed by atoms with Crippen LogP contribution < -0.4 is 4.74 Å². The highest BCUT2D eigenvalue weighted by Gasteiger charge is 2.31. The van der Waals surface area contributed by atoms with Gasteiger partial charge in [-0.1, -0.05) is 11.6 Å². The van der Waals surface area contributed by atoms with Crippen molar-refractivity contribution >= 4 is 11.9 Å². The van der Waals surface area contributed by atoms with E-state index in [2.05, 4.69) is 19.3 Å². The summed E-state index contributed by atoms with van der Waals surface area (Å²) >= 11 is 0. The highest BCUT2D eigenvalue weighted by Crippen LogP contribution is 2.42. The summed E-state index contributed by atoms with van der Waals surface area (Å²) in [6, 6.07) is -2.43. The molecule has 1 saturated heterocycles. The molecule has 0 unspecified atom stereocenters. The van der Waals surface area contributed by atoms with E-state index in [1.165, 1.54) is 0 Å². The smallest absolute Gasteiger partial charge is 0.342 e. The maximum atomic E-state index is 13.4. The average molecular weight is 465 g/mol. The maximum absolute atomic E-state index is 13.4. The van der Waals surface area contributed by atoms with E-state index in [4.69, 9.17) is 47.3 Å². The molecular weight excluding hydrogens is 402 g/mol. The number of hydrogen-bond acceptors (Lipinski definition) is 8. The molecule has 31 heavy (non-hydrogen) atoms. The van der Waals surface area contributed by atoms with Gasteiger partial charge >= 0.3 is 11.9 Å². The van der Waals surface area contributed by atoms with Gasteiger partial charge in [0.1, 0.15) is 30.2 Å². The fourth-order valence-electron chi connectivity index (χ4n) is 2.02. The van der Waals surface area contributed by atoms with E-state index in [1.807, 2.05) is 0 Å². The molecule has 1 aromatic rings. The zero-order valence-electron chi connectivity index (χ0n) is 45.8. The number of nitrogens with zero attached hydrogens (tertiary/aromatic N) is 1. The van der Waals surface area contributed by atoms with Crippen molar-refractivity contribution in [3.05, 3.63) is 33.9 Å². The number of ether oxygens (including phenoxy) is 4. The second-order valence-electron chi connectivity index (χ2n) is 5.10. The van der Waals surface area contributed by atoms with E-state index in [1.54, 1.807) is 0 Å². The van der Waals surface area contributed by atoms with Crippen LogP contribution in [0.4, 0.5) is 0 Å². The first-order valence-electron chi connectivity index (χ1n) is 23.1. The van der Waals surface area contributed by atoms with Gasteiger partial charge in [0, 0.05) is 61.7 Å². The Bertz CT molecular complexity index is 2000. The molecule has 170 valence electrons. The summed E-state index contributed by atoms with van der Waals surface area (Å²) in [5.74, 6) is -8.56. The van der Waals surface area contributed by atoms with E-state index < -0.39 is 148 Å². The van der Waals surface area contributed by atoms with Crippen LogP contribution in [0, 0.1) is 6.85 Å². The second-order valence-corrected chi connectivity index (χ2v) is 5.10. The van der Waals surface area contributed by atoms with Gasteiger partial charge in [-0.25, -0.2) is 4.79 Å². The van der Waals surface area contributed by atoms with E-state index >= 15 is 0 Å². The lowest BCUT2D eigenvalue weighted by atomic mass is 9.94. The summed E-state index contributed by atoms with van der Waals surface area (Å²) < 4.78 is 268. The Hall–Kier alpha value is -2.58. The molecule has 8 nitrogen and oxygen atoms in total. The van der Waals surface area contributed by atoms with E-state index in [-0.39, 0.29) is 0 Å². The molecule has 1 aromatic carbocycles. The number of carbonyl (C=O) groups is 2. The van der Waals surface area contributed by atoms with Gasteiger partial charge in [0.2, 0.25) is 0 Å². The molecule has 2 heterocycles. The first-order chi connectivity index (χ1) is 26.9. The highest BCUT2D eigenvalue weighted by molar-refractivity contribution is 5.98. The number of morpholine rings is 1. The Labute approximate surface area is 226 Å². The van der Waals surface area contributed by atoms with Crippen molar-refractivity contribution in [2.75, 3.05) is 46.2 Å². The van der Waals surface area contributed by atoms with Crippen LogP contribution in [0.15, 0.2) is 11.6 Å². The molecule has 0 atom stereocenters. The summed E-state index contributed by atoms with van der Waals surface area (Å²) in [5.41, 5.74) is -9.01. The number of carbonyl (C=O) groups excluding carboxylic acids is 2. The van der Waals surface area contributed by atoms with Gasteiger partial charge < -0.3 is 24.1 Å². The van der Waals surface area contributed by atoms with Crippen LogP contribution in [0.25, 0.3) is 0 Å². The van der Waals surface area contributed by atoms with E-state index in [9.17, 15) is 9.59 Å². The minimum absolute atomic E-state index is 1.09. The molecule has 0 aliphatic carbocycles. The molecule has 1 N–H and O–H groups in total. The molecule has 1 fully saturated rings. The zero-order chi connectivity index (χ0) is 49.4. The number of methoxy groups -OCH3 is 1. The predicted molar refractivity (Wildman–Crippen MR) is 113 cm³/mol. The van der Waals surface area contributed by atoms with Gasteiger partial charge in [0.25, 0.3) is 1.43 Å². The fraction of sp³-hybridized carbons (Fsp3) is 0.565. The van der Waals surface area contributed by atoms with E-state index in [0.717, 1.165) is 0 Å². The van der Waals surface area contributed by atoms with Crippen LogP contribution in [-0.2, 0) is 31.9 Å². The fourth-order valence-corrected chi connectivity index (χ4v) is 2.02. The third-order valence-corrected chi connectivity index (χ3v) is 3.28. The maximum Gasteiger partial charge on any atom is 0.342 e. The Morgan fingerprint density at radius 1 is 1.45 bits per heavy atom. The van der Waals surface area contributed by atoms with Gasteiger partial charge in [0.15, 0.2) is 0 Å². The first-order valence-corrected chi connectivity index (χ1v) is 7.67. The van der Waals surface area contributed by atoms with Gasteiger partial charge in [-0.15, -0.1) is 0 Å². The molecule has 8 heteroatoms. The number of allylic oxidation sites excluding steroid dienone is 2. The van der Waals surface area contributed by atoms with Crippen molar-refractivity contribution < 1.29 is 74.8 Å². The number of phenolic OH excluding ortho intramolecular Hbond substituents is 1. The number of hydrogen-bond donors (Lipinski definition) is 1. The van der Waals surface area contributed by atoms with Gasteiger partial charge in [-0.2, -0.15) is 0 Å². The first kappa shape index (κ1) is 5.66. The van der Waals surface area contributed by atoms with Crippen LogP contribution >= 0.6 is 0 Å². The topological polar surface area (TPSA) is 94.5 Å². The summed E-state index contributed by atoms with van der Waals surface area (Å²) in [7, 11) is -3.90. The van der Waals surface area contributed by atoms with E-state index in [0.29, 0.717) is 0 Å². The molecular formula is C23H31NO7. The summed E-state index contributed by atoms with van der Waals surface area (Å²) in [6.45, 7) is -37.8. The van der Waals surface area contributed by atoms with Gasteiger partial charge in [-0.3, -0.25) is 9.69 Å². The normalized spacial score (nSPS) is 43.4.